The van der Waals surface area contributed by atoms with Crippen molar-refractivity contribution in [1.82, 2.24) is 4.57 Å². The summed E-state index contributed by atoms with van der Waals surface area (Å²) in [6.07, 6.45) is 0.907. The fourth-order valence-corrected chi connectivity index (χ4v) is 1.67. The van der Waals surface area contributed by atoms with E-state index in [9.17, 15) is 4.79 Å². The lowest BCUT2D eigenvalue weighted by atomic mass is 10.3. The topological polar surface area (TPSA) is 47.2 Å². The summed E-state index contributed by atoms with van der Waals surface area (Å²) >= 11 is 5.59. The molecular formula is C11H13ClN2O2. The first-order valence-corrected chi connectivity index (χ1v) is 5.65. The number of hydrogen-bond acceptors (Lipinski definition) is 3. The van der Waals surface area contributed by atoms with Crippen LogP contribution in [0.15, 0.2) is 27.4 Å². The molecule has 0 fully saturated rings. The van der Waals surface area contributed by atoms with Crippen molar-refractivity contribution in [1.29, 1.82) is 0 Å². The Balaban J connectivity index is 2.28. The third kappa shape index (κ3) is 2.07. The average Bonchev–Trinajstić information content (AvgIpc) is 2.56. The van der Waals surface area contributed by atoms with Gasteiger partial charge in [-0.2, -0.15) is 0 Å². The molecule has 0 aliphatic rings. The largest absolute Gasteiger partial charge is 0.419 e. The number of benzene rings is 1. The summed E-state index contributed by atoms with van der Waals surface area (Å²) in [6.45, 7) is 0.820. The average molecular weight is 241 g/mol. The highest BCUT2D eigenvalue weighted by atomic mass is 35.5. The molecule has 0 saturated heterocycles. The standard InChI is InChI=1S/C11H13ClN2O2/c1-14-9-7-8(13-6-2-5-12)3-4-10(9)16-11(14)15/h3-4,7,13H,2,5-6H2,1H3. The van der Waals surface area contributed by atoms with Gasteiger partial charge in [-0.25, -0.2) is 4.79 Å². The number of aromatic nitrogens is 1. The van der Waals surface area contributed by atoms with E-state index in [1.165, 1.54) is 4.57 Å². The van der Waals surface area contributed by atoms with Gasteiger partial charge in [0.25, 0.3) is 0 Å². The molecule has 1 aromatic carbocycles. The molecule has 0 aliphatic heterocycles. The van der Waals surface area contributed by atoms with Gasteiger partial charge in [-0.1, -0.05) is 0 Å². The monoisotopic (exact) mass is 240 g/mol. The van der Waals surface area contributed by atoms with Crippen molar-refractivity contribution in [3.8, 4) is 0 Å². The van der Waals surface area contributed by atoms with Gasteiger partial charge in [0.1, 0.15) is 0 Å². The molecule has 0 radical (unpaired) electrons. The van der Waals surface area contributed by atoms with Gasteiger partial charge in [-0.15, -0.1) is 11.6 Å². The van der Waals surface area contributed by atoms with Crippen LogP contribution in [0.4, 0.5) is 5.69 Å². The first-order chi connectivity index (χ1) is 7.72. The Morgan fingerprint density at radius 2 is 2.31 bits per heavy atom. The summed E-state index contributed by atoms with van der Waals surface area (Å²) in [6, 6.07) is 5.58. The number of nitrogens with zero attached hydrogens (tertiary/aromatic N) is 1. The Kier molecular flexibility index (Phi) is 3.19. The molecule has 16 heavy (non-hydrogen) atoms. The lowest BCUT2D eigenvalue weighted by Gasteiger charge is -2.04. The van der Waals surface area contributed by atoms with Crippen molar-refractivity contribution in [3.05, 3.63) is 28.7 Å². The van der Waals surface area contributed by atoms with Crippen LogP contribution in [0.3, 0.4) is 0 Å². The highest BCUT2D eigenvalue weighted by Gasteiger charge is 2.05. The maximum atomic E-state index is 11.3. The first kappa shape index (κ1) is 11.1. The van der Waals surface area contributed by atoms with E-state index in [1.54, 1.807) is 13.1 Å². The van der Waals surface area contributed by atoms with Crippen molar-refractivity contribution in [2.45, 2.75) is 6.42 Å². The zero-order valence-electron chi connectivity index (χ0n) is 9.00. The van der Waals surface area contributed by atoms with Crippen LogP contribution >= 0.6 is 11.6 Å². The van der Waals surface area contributed by atoms with Gasteiger partial charge in [-0.3, -0.25) is 4.57 Å². The molecule has 5 heteroatoms. The molecule has 0 unspecified atom stereocenters. The maximum Gasteiger partial charge on any atom is 0.419 e. The fourth-order valence-electron chi connectivity index (χ4n) is 1.54. The quantitative estimate of drug-likeness (QED) is 0.658. The third-order valence-corrected chi connectivity index (χ3v) is 2.70. The van der Waals surface area contributed by atoms with Crippen LogP contribution in [0, 0.1) is 0 Å². The Morgan fingerprint density at radius 3 is 3.06 bits per heavy atom. The molecule has 0 saturated carbocycles. The molecule has 0 amide bonds. The predicted octanol–water partition coefficient (Wildman–Crippen LogP) is 2.17. The van der Waals surface area contributed by atoms with E-state index in [2.05, 4.69) is 5.32 Å². The van der Waals surface area contributed by atoms with E-state index in [4.69, 9.17) is 16.0 Å². The maximum absolute atomic E-state index is 11.3. The van der Waals surface area contributed by atoms with Crippen molar-refractivity contribution in [2.24, 2.45) is 7.05 Å². The van der Waals surface area contributed by atoms with Crippen LogP contribution in [0.25, 0.3) is 11.1 Å². The summed E-state index contributed by atoms with van der Waals surface area (Å²) in [5.74, 6) is 0.298. The van der Waals surface area contributed by atoms with Crippen LogP contribution < -0.4 is 11.1 Å². The number of alkyl halides is 1. The zero-order valence-corrected chi connectivity index (χ0v) is 9.75. The molecule has 1 aromatic heterocycles. The third-order valence-electron chi connectivity index (χ3n) is 2.43. The van der Waals surface area contributed by atoms with Crippen LogP contribution in [-0.2, 0) is 7.05 Å². The van der Waals surface area contributed by atoms with E-state index in [0.29, 0.717) is 11.5 Å². The summed E-state index contributed by atoms with van der Waals surface area (Å²) in [5, 5.41) is 3.23. The van der Waals surface area contributed by atoms with Crippen LogP contribution in [0.2, 0.25) is 0 Å². The Hall–Kier alpha value is -1.42. The Labute approximate surface area is 97.8 Å². The minimum atomic E-state index is -0.340. The zero-order chi connectivity index (χ0) is 11.5. The van der Waals surface area contributed by atoms with Crippen LogP contribution in [0.1, 0.15) is 6.42 Å². The van der Waals surface area contributed by atoms with Crippen LogP contribution in [-0.4, -0.2) is 17.0 Å². The highest BCUT2D eigenvalue weighted by molar-refractivity contribution is 6.17. The molecule has 0 atom stereocenters. The molecule has 2 aromatic rings. The second-order valence-electron chi connectivity index (χ2n) is 3.58. The van der Waals surface area contributed by atoms with Gasteiger partial charge in [-0.05, 0) is 24.6 Å². The van der Waals surface area contributed by atoms with Crippen molar-refractivity contribution in [3.63, 3.8) is 0 Å². The SMILES string of the molecule is Cn1c(=O)oc2ccc(NCCCCl)cc21. The van der Waals surface area contributed by atoms with E-state index in [1.807, 2.05) is 12.1 Å². The summed E-state index contributed by atoms with van der Waals surface area (Å²) in [5.41, 5.74) is 2.37. The Bertz CT molecular complexity index is 544. The molecular weight excluding hydrogens is 228 g/mol. The second-order valence-corrected chi connectivity index (χ2v) is 3.96. The summed E-state index contributed by atoms with van der Waals surface area (Å²) < 4.78 is 6.53. The normalized spacial score (nSPS) is 10.9. The Morgan fingerprint density at radius 1 is 1.50 bits per heavy atom. The van der Waals surface area contributed by atoms with Crippen LogP contribution in [0.5, 0.6) is 0 Å². The predicted molar refractivity (Wildman–Crippen MR) is 65.3 cm³/mol. The first-order valence-electron chi connectivity index (χ1n) is 5.12. The molecule has 0 bridgehead atoms. The molecule has 0 spiro atoms. The van der Waals surface area contributed by atoms with Crippen molar-refractivity contribution < 1.29 is 4.42 Å². The molecule has 0 aliphatic carbocycles. The number of nitrogens with one attached hydrogen (secondary N) is 1. The smallest absolute Gasteiger partial charge is 0.408 e. The van der Waals surface area contributed by atoms with Gasteiger partial charge in [0.2, 0.25) is 0 Å². The number of halogens is 1. The van der Waals surface area contributed by atoms with Crippen molar-refractivity contribution in [2.75, 3.05) is 17.7 Å². The van der Waals surface area contributed by atoms with Gasteiger partial charge >= 0.3 is 5.76 Å². The highest BCUT2D eigenvalue weighted by Crippen LogP contribution is 2.17. The van der Waals surface area contributed by atoms with Gasteiger partial charge in [0.05, 0.1) is 5.52 Å². The number of rotatable bonds is 4. The fraction of sp³-hybridized carbons (Fsp3) is 0.364. The molecule has 2 rings (SSSR count). The van der Waals surface area contributed by atoms with E-state index in [-0.39, 0.29) is 5.76 Å². The van der Waals surface area contributed by atoms with Gasteiger partial charge in [0, 0.05) is 25.2 Å². The van der Waals surface area contributed by atoms with Gasteiger partial charge < -0.3 is 9.73 Å². The lowest BCUT2D eigenvalue weighted by molar-refractivity contribution is 0.528. The molecule has 1 heterocycles. The molecule has 86 valence electrons. The summed E-state index contributed by atoms with van der Waals surface area (Å²) in [7, 11) is 1.69. The van der Waals surface area contributed by atoms with E-state index < -0.39 is 0 Å². The molecule has 1 N–H and O–H groups in total. The number of hydrogen-bond donors (Lipinski definition) is 1. The van der Waals surface area contributed by atoms with E-state index >= 15 is 0 Å². The van der Waals surface area contributed by atoms with Gasteiger partial charge in [0.15, 0.2) is 5.58 Å². The number of anilines is 1. The summed E-state index contributed by atoms with van der Waals surface area (Å²) in [4.78, 5) is 11.3. The number of fused-ring (bicyclic) bond motifs is 1. The second kappa shape index (κ2) is 4.61. The van der Waals surface area contributed by atoms with E-state index in [0.717, 1.165) is 24.2 Å². The number of aryl methyl sites for hydroxylation is 1. The minimum absolute atomic E-state index is 0.340. The minimum Gasteiger partial charge on any atom is -0.408 e. The number of oxazole rings is 1. The lowest BCUT2D eigenvalue weighted by Crippen LogP contribution is -2.08. The van der Waals surface area contributed by atoms with Crippen molar-refractivity contribution >= 4 is 28.4 Å². The molecule has 4 nitrogen and oxygen atoms in total.